The lowest BCUT2D eigenvalue weighted by Gasteiger charge is -2.22. The van der Waals surface area contributed by atoms with Crippen LogP contribution in [0.15, 0.2) is 72.8 Å². The molecule has 0 fully saturated rings. The first-order valence-corrected chi connectivity index (χ1v) is 10.7. The van der Waals surface area contributed by atoms with Crippen molar-refractivity contribution in [3.05, 3.63) is 101 Å². The van der Waals surface area contributed by atoms with Gasteiger partial charge in [-0.15, -0.1) is 0 Å². The number of carbonyl (C=O) groups is 3. The van der Waals surface area contributed by atoms with Gasteiger partial charge in [-0.1, -0.05) is 38.1 Å². The lowest BCUT2D eigenvalue weighted by Crippen LogP contribution is -2.49. The Kier molecular flexibility index (Phi) is 8.08. The summed E-state index contributed by atoms with van der Waals surface area (Å²) in [6.45, 7) is 3.70. The zero-order valence-electron chi connectivity index (χ0n) is 18.8. The van der Waals surface area contributed by atoms with Crippen molar-refractivity contribution in [1.29, 1.82) is 0 Å². The predicted molar refractivity (Wildman–Crippen MR) is 125 cm³/mol. The van der Waals surface area contributed by atoms with E-state index in [1.807, 2.05) is 0 Å². The number of anilines is 1. The normalized spacial score (nSPS) is 11.6. The number of benzene rings is 3. The fourth-order valence-electron chi connectivity index (χ4n) is 3.26. The molecule has 0 aromatic heterocycles. The highest BCUT2D eigenvalue weighted by Gasteiger charge is 2.25. The summed E-state index contributed by atoms with van der Waals surface area (Å²) in [5.74, 6) is -2.81. The van der Waals surface area contributed by atoms with E-state index in [4.69, 9.17) is 0 Å². The molecule has 3 rings (SSSR count). The van der Waals surface area contributed by atoms with E-state index in [0.717, 1.165) is 0 Å². The Morgan fingerprint density at radius 2 is 1.56 bits per heavy atom. The highest BCUT2D eigenvalue weighted by atomic mass is 19.1. The molecule has 0 saturated carbocycles. The number of rotatable bonds is 8. The molecule has 0 aliphatic rings. The van der Waals surface area contributed by atoms with Gasteiger partial charge in [-0.3, -0.25) is 14.4 Å². The van der Waals surface area contributed by atoms with Gasteiger partial charge in [0.2, 0.25) is 5.91 Å². The van der Waals surface area contributed by atoms with Crippen LogP contribution in [0.2, 0.25) is 0 Å². The molecule has 176 valence electrons. The van der Waals surface area contributed by atoms with Gasteiger partial charge < -0.3 is 16.0 Å². The fourth-order valence-corrected chi connectivity index (χ4v) is 3.26. The molecule has 0 aliphatic carbocycles. The van der Waals surface area contributed by atoms with E-state index in [1.54, 1.807) is 44.2 Å². The largest absolute Gasteiger partial charge is 0.350 e. The minimum absolute atomic E-state index is 0.134. The van der Waals surface area contributed by atoms with Gasteiger partial charge >= 0.3 is 0 Å². The third-order valence-electron chi connectivity index (χ3n) is 5.11. The quantitative estimate of drug-likeness (QED) is 0.464. The van der Waals surface area contributed by atoms with Gasteiger partial charge in [0.25, 0.3) is 11.8 Å². The van der Waals surface area contributed by atoms with Crippen LogP contribution in [0.1, 0.15) is 40.1 Å². The van der Waals surface area contributed by atoms with Crippen LogP contribution in [-0.2, 0) is 11.3 Å². The van der Waals surface area contributed by atoms with E-state index in [-0.39, 0.29) is 18.0 Å². The average molecular weight is 466 g/mol. The molecule has 8 heteroatoms. The highest BCUT2D eigenvalue weighted by Crippen LogP contribution is 2.14. The Morgan fingerprint density at radius 3 is 2.24 bits per heavy atom. The van der Waals surface area contributed by atoms with Crippen molar-refractivity contribution in [2.45, 2.75) is 26.4 Å². The Morgan fingerprint density at radius 1 is 0.853 bits per heavy atom. The predicted octanol–water partition coefficient (Wildman–Crippen LogP) is 4.29. The molecule has 0 radical (unpaired) electrons. The summed E-state index contributed by atoms with van der Waals surface area (Å²) in [6, 6.07) is 16.8. The van der Waals surface area contributed by atoms with E-state index in [2.05, 4.69) is 16.0 Å². The number of amides is 3. The molecule has 0 spiro atoms. The van der Waals surface area contributed by atoms with Gasteiger partial charge in [0.15, 0.2) is 0 Å². The Balaban J connectivity index is 1.61. The fraction of sp³-hybridized carbons (Fsp3) is 0.192. The number of hydrogen-bond donors (Lipinski definition) is 3. The number of halogens is 2. The minimum atomic E-state index is -0.867. The van der Waals surface area contributed by atoms with Gasteiger partial charge in [-0.25, -0.2) is 8.78 Å². The van der Waals surface area contributed by atoms with Crippen LogP contribution in [-0.4, -0.2) is 23.8 Å². The van der Waals surface area contributed by atoms with Crippen molar-refractivity contribution in [3.8, 4) is 0 Å². The topological polar surface area (TPSA) is 87.3 Å². The zero-order chi connectivity index (χ0) is 24.7. The van der Waals surface area contributed by atoms with Crippen LogP contribution < -0.4 is 16.0 Å². The van der Waals surface area contributed by atoms with E-state index in [1.165, 1.54) is 42.5 Å². The Bertz CT molecular complexity index is 1180. The molecule has 1 unspecified atom stereocenters. The van der Waals surface area contributed by atoms with Crippen LogP contribution in [0.25, 0.3) is 0 Å². The van der Waals surface area contributed by atoms with E-state index >= 15 is 0 Å². The second-order valence-electron chi connectivity index (χ2n) is 8.05. The molecule has 34 heavy (non-hydrogen) atoms. The summed E-state index contributed by atoms with van der Waals surface area (Å²) in [5.41, 5.74) is 1.40. The first kappa shape index (κ1) is 24.6. The molecule has 3 aromatic rings. The molecular weight excluding hydrogens is 440 g/mol. The van der Waals surface area contributed by atoms with Crippen molar-refractivity contribution in [3.63, 3.8) is 0 Å². The van der Waals surface area contributed by atoms with Crippen LogP contribution in [0.5, 0.6) is 0 Å². The summed E-state index contributed by atoms with van der Waals surface area (Å²) in [4.78, 5) is 37.6. The van der Waals surface area contributed by atoms with Gasteiger partial charge in [-0.2, -0.15) is 0 Å². The second-order valence-corrected chi connectivity index (χ2v) is 8.05. The van der Waals surface area contributed by atoms with Crippen molar-refractivity contribution >= 4 is 23.4 Å². The number of hydrogen-bond acceptors (Lipinski definition) is 3. The molecule has 3 N–H and O–H groups in total. The summed E-state index contributed by atoms with van der Waals surface area (Å²) < 4.78 is 27.0. The standard InChI is InChI=1S/C26H25F2N3O3/c1-16(2)23(31-25(33)21-8-3-4-9-22(21)28)26(34)29-15-17-6-5-7-20(14-17)30-24(32)18-10-12-19(27)13-11-18/h3-14,16,23H,15H2,1-2H3,(H,29,34)(H,30,32)(H,31,33). The third-order valence-corrected chi connectivity index (χ3v) is 5.11. The van der Waals surface area contributed by atoms with Crippen LogP contribution in [0, 0.1) is 17.6 Å². The SMILES string of the molecule is CC(C)C(NC(=O)c1ccccc1F)C(=O)NCc1cccc(NC(=O)c2ccc(F)cc2)c1. The Hall–Kier alpha value is -4.07. The maximum atomic E-state index is 13.9. The lowest BCUT2D eigenvalue weighted by molar-refractivity contribution is -0.124. The summed E-state index contributed by atoms with van der Waals surface area (Å²) in [7, 11) is 0. The van der Waals surface area contributed by atoms with Crippen molar-refractivity contribution in [1.82, 2.24) is 10.6 Å². The molecular formula is C26H25F2N3O3. The minimum Gasteiger partial charge on any atom is -0.350 e. The van der Waals surface area contributed by atoms with E-state index in [0.29, 0.717) is 16.8 Å². The van der Waals surface area contributed by atoms with Crippen LogP contribution >= 0.6 is 0 Å². The molecule has 3 aromatic carbocycles. The first-order valence-electron chi connectivity index (χ1n) is 10.7. The van der Waals surface area contributed by atoms with Gasteiger partial charge in [-0.05, 0) is 60.0 Å². The average Bonchev–Trinajstić information content (AvgIpc) is 2.81. The highest BCUT2D eigenvalue weighted by molar-refractivity contribution is 6.04. The molecule has 0 heterocycles. The third kappa shape index (κ3) is 6.48. The monoisotopic (exact) mass is 465 g/mol. The Labute approximate surface area is 196 Å². The first-order chi connectivity index (χ1) is 16.2. The number of carbonyl (C=O) groups excluding carboxylic acids is 3. The molecule has 0 saturated heterocycles. The molecule has 3 amide bonds. The van der Waals surface area contributed by atoms with Crippen molar-refractivity contribution in [2.75, 3.05) is 5.32 Å². The van der Waals surface area contributed by atoms with E-state index in [9.17, 15) is 23.2 Å². The summed E-state index contributed by atoms with van der Waals surface area (Å²) in [6.07, 6.45) is 0. The summed E-state index contributed by atoms with van der Waals surface area (Å²) in [5, 5.41) is 8.09. The summed E-state index contributed by atoms with van der Waals surface area (Å²) >= 11 is 0. The van der Waals surface area contributed by atoms with Gasteiger partial charge in [0, 0.05) is 17.8 Å². The van der Waals surface area contributed by atoms with E-state index < -0.39 is 35.4 Å². The maximum Gasteiger partial charge on any atom is 0.255 e. The molecule has 0 bridgehead atoms. The van der Waals surface area contributed by atoms with Crippen molar-refractivity contribution < 1.29 is 23.2 Å². The number of nitrogens with one attached hydrogen (secondary N) is 3. The molecule has 1 atom stereocenters. The zero-order valence-corrected chi connectivity index (χ0v) is 18.8. The molecule has 0 aliphatic heterocycles. The maximum absolute atomic E-state index is 13.9. The van der Waals surface area contributed by atoms with Gasteiger partial charge in [0.1, 0.15) is 17.7 Å². The smallest absolute Gasteiger partial charge is 0.255 e. The van der Waals surface area contributed by atoms with Crippen LogP contribution in [0.4, 0.5) is 14.5 Å². The van der Waals surface area contributed by atoms with Gasteiger partial charge in [0.05, 0.1) is 5.56 Å². The van der Waals surface area contributed by atoms with Crippen LogP contribution in [0.3, 0.4) is 0 Å². The van der Waals surface area contributed by atoms with Crippen molar-refractivity contribution in [2.24, 2.45) is 5.92 Å². The molecule has 6 nitrogen and oxygen atoms in total. The second kappa shape index (κ2) is 11.2. The lowest BCUT2D eigenvalue weighted by atomic mass is 10.0.